The van der Waals surface area contributed by atoms with Gasteiger partial charge in [0.2, 0.25) is 0 Å². The number of nitrogens with zero attached hydrogens (tertiary/aromatic N) is 2. The highest BCUT2D eigenvalue weighted by Gasteiger charge is 2.20. The second kappa shape index (κ2) is 9.80. The Labute approximate surface area is 151 Å². The summed E-state index contributed by atoms with van der Waals surface area (Å²) in [6.45, 7) is 5.98. The van der Waals surface area contributed by atoms with Crippen LogP contribution in [0.3, 0.4) is 0 Å². The molecule has 3 rings (SSSR count). The molecule has 0 radical (unpaired) electrons. The standard InChI is InChI=1S/C20H26N2O.ClH/c1-21(12-13-22-14-16-23-17-15-22)20(18-8-4-2-5-9-18)19-10-6-3-7-11-19;/h2-11,20H,12-17H2,1H3;1H. The molecule has 0 unspecified atom stereocenters. The molecule has 0 spiro atoms. The highest BCUT2D eigenvalue weighted by molar-refractivity contribution is 5.85. The lowest BCUT2D eigenvalue weighted by Crippen LogP contribution is -2.41. The number of rotatable bonds is 6. The van der Waals surface area contributed by atoms with Crippen molar-refractivity contribution in [3.63, 3.8) is 0 Å². The van der Waals surface area contributed by atoms with Crippen LogP contribution in [0.2, 0.25) is 0 Å². The van der Waals surface area contributed by atoms with E-state index in [1.807, 2.05) is 0 Å². The second-order valence-electron chi connectivity index (χ2n) is 6.16. The Bertz CT molecular complexity index is 533. The fraction of sp³-hybridized carbons (Fsp3) is 0.400. The van der Waals surface area contributed by atoms with E-state index in [-0.39, 0.29) is 12.4 Å². The second-order valence-corrected chi connectivity index (χ2v) is 6.16. The summed E-state index contributed by atoms with van der Waals surface area (Å²) in [6.07, 6.45) is 0. The Balaban J connectivity index is 0.00000208. The first-order valence-electron chi connectivity index (χ1n) is 8.45. The normalized spacial score (nSPS) is 15.5. The van der Waals surface area contributed by atoms with Crippen LogP contribution in [-0.4, -0.2) is 56.2 Å². The average Bonchev–Trinajstić information content (AvgIpc) is 2.63. The molecule has 0 bridgehead atoms. The van der Waals surface area contributed by atoms with Crippen molar-refractivity contribution in [1.29, 1.82) is 0 Å². The molecule has 0 aromatic heterocycles. The largest absolute Gasteiger partial charge is 0.379 e. The maximum Gasteiger partial charge on any atom is 0.0599 e. The summed E-state index contributed by atoms with van der Waals surface area (Å²) in [4.78, 5) is 4.95. The average molecular weight is 347 g/mol. The molecule has 1 aliphatic heterocycles. The molecule has 0 N–H and O–H groups in total. The van der Waals surface area contributed by atoms with Crippen LogP contribution in [0.1, 0.15) is 17.2 Å². The van der Waals surface area contributed by atoms with Crippen LogP contribution < -0.4 is 0 Å². The molecule has 1 fully saturated rings. The van der Waals surface area contributed by atoms with Gasteiger partial charge >= 0.3 is 0 Å². The van der Waals surface area contributed by atoms with Gasteiger partial charge in [0.1, 0.15) is 0 Å². The number of likely N-dealkylation sites (N-methyl/N-ethyl adjacent to an activating group) is 1. The lowest BCUT2D eigenvalue weighted by Gasteiger charge is -2.33. The Morgan fingerprint density at radius 2 is 1.42 bits per heavy atom. The molecular weight excluding hydrogens is 320 g/mol. The molecule has 1 saturated heterocycles. The summed E-state index contributed by atoms with van der Waals surface area (Å²) < 4.78 is 5.44. The zero-order valence-corrected chi connectivity index (χ0v) is 15.1. The van der Waals surface area contributed by atoms with E-state index in [1.54, 1.807) is 0 Å². The van der Waals surface area contributed by atoms with Crippen molar-refractivity contribution in [1.82, 2.24) is 9.80 Å². The van der Waals surface area contributed by atoms with E-state index in [0.29, 0.717) is 6.04 Å². The number of halogens is 1. The van der Waals surface area contributed by atoms with Crippen molar-refractivity contribution in [2.75, 3.05) is 46.4 Å². The molecule has 130 valence electrons. The lowest BCUT2D eigenvalue weighted by molar-refractivity contribution is 0.0333. The maximum absolute atomic E-state index is 5.44. The van der Waals surface area contributed by atoms with E-state index >= 15 is 0 Å². The molecule has 4 heteroatoms. The van der Waals surface area contributed by atoms with E-state index in [0.717, 1.165) is 39.4 Å². The first kappa shape index (κ1) is 18.9. The third-order valence-corrected chi connectivity index (χ3v) is 4.54. The molecular formula is C20H27ClN2O. The van der Waals surface area contributed by atoms with Gasteiger partial charge in [0.25, 0.3) is 0 Å². The number of hydrogen-bond acceptors (Lipinski definition) is 3. The molecule has 0 aliphatic carbocycles. The van der Waals surface area contributed by atoms with Crippen molar-refractivity contribution < 1.29 is 4.74 Å². The lowest BCUT2D eigenvalue weighted by atomic mass is 9.97. The Kier molecular flexibility index (Phi) is 7.73. The molecule has 0 amide bonds. The maximum atomic E-state index is 5.44. The SMILES string of the molecule is CN(CCN1CCOCC1)C(c1ccccc1)c1ccccc1.Cl. The highest BCUT2D eigenvalue weighted by atomic mass is 35.5. The third-order valence-electron chi connectivity index (χ3n) is 4.54. The Morgan fingerprint density at radius 3 is 1.92 bits per heavy atom. The minimum Gasteiger partial charge on any atom is -0.379 e. The highest BCUT2D eigenvalue weighted by Crippen LogP contribution is 2.27. The van der Waals surface area contributed by atoms with E-state index in [2.05, 4.69) is 77.5 Å². The molecule has 0 saturated carbocycles. The Morgan fingerprint density at radius 1 is 0.917 bits per heavy atom. The minimum absolute atomic E-state index is 0. The molecule has 1 heterocycles. The van der Waals surface area contributed by atoms with Crippen LogP contribution in [0.15, 0.2) is 60.7 Å². The first-order chi connectivity index (χ1) is 11.3. The van der Waals surface area contributed by atoms with Crippen LogP contribution in [0.25, 0.3) is 0 Å². The predicted octanol–water partition coefficient (Wildman–Crippen LogP) is 3.46. The molecule has 3 nitrogen and oxygen atoms in total. The molecule has 2 aromatic rings. The fourth-order valence-electron chi connectivity index (χ4n) is 3.23. The quantitative estimate of drug-likeness (QED) is 0.796. The molecule has 24 heavy (non-hydrogen) atoms. The van der Waals surface area contributed by atoms with Gasteiger partial charge < -0.3 is 4.74 Å². The van der Waals surface area contributed by atoms with Crippen molar-refractivity contribution >= 4 is 12.4 Å². The van der Waals surface area contributed by atoms with Gasteiger partial charge in [0.15, 0.2) is 0 Å². The fourth-order valence-corrected chi connectivity index (χ4v) is 3.23. The van der Waals surface area contributed by atoms with Gasteiger partial charge in [-0.2, -0.15) is 0 Å². The van der Waals surface area contributed by atoms with Crippen LogP contribution in [-0.2, 0) is 4.74 Å². The third kappa shape index (κ3) is 5.05. The van der Waals surface area contributed by atoms with E-state index in [9.17, 15) is 0 Å². The summed E-state index contributed by atoms with van der Waals surface area (Å²) >= 11 is 0. The molecule has 2 aromatic carbocycles. The van der Waals surface area contributed by atoms with Gasteiger partial charge in [-0.3, -0.25) is 9.80 Å². The van der Waals surface area contributed by atoms with Crippen LogP contribution in [0.4, 0.5) is 0 Å². The zero-order valence-electron chi connectivity index (χ0n) is 14.3. The van der Waals surface area contributed by atoms with E-state index in [4.69, 9.17) is 4.74 Å². The number of benzene rings is 2. The van der Waals surface area contributed by atoms with Crippen LogP contribution in [0, 0.1) is 0 Å². The van der Waals surface area contributed by atoms with E-state index < -0.39 is 0 Å². The summed E-state index contributed by atoms with van der Waals surface area (Å²) in [6, 6.07) is 21.9. The zero-order chi connectivity index (χ0) is 15.9. The molecule has 1 aliphatic rings. The van der Waals surface area contributed by atoms with Crippen molar-refractivity contribution in [2.45, 2.75) is 6.04 Å². The van der Waals surface area contributed by atoms with Crippen molar-refractivity contribution in [3.05, 3.63) is 71.8 Å². The summed E-state index contributed by atoms with van der Waals surface area (Å²) in [7, 11) is 2.23. The van der Waals surface area contributed by atoms with Gasteiger partial charge in [0.05, 0.1) is 19.3 Å². The van der Waals surface area contributed by atoms with Crippen LogP contribution in [0.5, 0.6) is 0 Å². The summed E-state index contributed by atoms with van der Waals surface area (Å²) in [5.74, 6) is 0. The predicted molar refractivity (Wildman–Crippen MR) is 102 cm³/mol. The van der Waals surface area contributed by atoms with E-state index in [1.165, 1.54) is 11.1 Å². The van der Waals surface area contributed by atoms with Gasteiger partial charge in [-0.15, -0.1) is 12.4 Å². The monoisotopic (exact) mass is 346 g/mol. The van der Waals surface area contributed by atoms with Gasteiger partial charge in [-0.05, 0) is 18.2 Å². The topological polar surface area (TPSA) is 15.7 Å². The minimum atomic E-state index is 0. The number of morpholine rings is 1. The summed E-state index contributed by atoms with van der Waals surface area (Å²) in [5, 5.41) is 0. The van der Waals surface area contributed by atoms with Gasteiger partial charge in [-0.25, -0.2) is 0 Å². The number of hydrogen-bond donors (Lipinski definition) is 0. The van der Waals surface area contributed by atoms with Gasteiger partial charge in [-0.1, -0.05) is 60.7 Å². The molecule has 0 atom stereocenters. The summed E-state index contributed by atoms with van der Waals surface area (Å²) in [5.41, 5.74) is 2.70. The van der Waals surface area contributed by atoms with Crippen molar-refractivity contribution in [3.8, 4) is 0 Å². The Hall–Kier alpha value is -1.39. The van der Waals surface area contributed by atoms with Crippen LogP contribution >= 0.6 is 12.4 Å². The van der Waals surface area contributed by atoms with Crippen molar-refractivity contribution in [2.24, 2.45) is 0 Å². The van der Waals surface area contributed by atoms with Gasteiger partial charge in [0, 0.05) is 26.2 Å². The smallest absolute Gasteiger partial charge is 0.0599 e. The first-order valence-corrected chi connectivity index (χ1v) is 8.45. The number of ether oxygens (including phenoxy) is 1.